The minimum absolute atomic E-state index is 0.208. The molecule has 0 heterocycles. The van der Waals surface area contributed by atoms with Gasteiger partial charge in [-0.1, -0.05) is 6.58 Å². The number of carbonyl (C=O) groups excluding carboxylic acids is 2. The highest BCUT2D eigenvalue weighted by Gasteiger charge is 2.65. The summed E-state index contributed by atoms with van der Waals surface area (Å²) in [6.45, 7) is 0.992. The van der Waals surface area contributed by atoms with Gasteiger partial charge < -0.3 is 15.2 Å². The van der Waals surface area contributed by atoms with Gasteiger partial charge in [0.1, 0.15) is 0 Å². The first kappa shape index (κ1) is 21.2. The molecule has 0 saturated carbocycles. The average Bonchev–Trinajstić information content (AvgIpc) is 2.33. The Morgan fingerprint density at radius 2 is 1.70 bits per heavy atom. The molecule has 0 aromatic carbocycles. The Bertz CT molecular complexity index is 588. The van der Waals surface area contributed by atoms with Crippen molar-refractivity contribution in [2.45, 2.75) is 23.6 Å². The number of alkyl halides is 5. The first-order chi connectivity index (χ1) is 10.1. The molecule has 0 spiro atoms. The third-order valence-electron chi connectivity index (χ3n) is 2.18. The second-order valence-electron chi connectivity index (χ2n) is 3.81. The normalized spacial score (nSPS) is 15.6. The van der Waals surface area contributed by atoms with Gasteiger partial charge in [0.05, 0.1) is 13.0 Å². The molecular formula is C9H10F5NO7S. The lowest BCUT2D eigenvalue weighted by atomic mass is 10.2. The van der Waals surface area contributed by atoms with Gasteiger partial charge in [0, 0.05) is 6.08 Å². The van der Waals surface area contributed by atoms with E-state index in [0.29, 0.717) is 0 Å². The van der Waals surface area contributed by atoms with Crippen LogP contribution in [0.2, 0.25) is 0 Å². The highest BCUT2D eigenvalue weighted by Crippen LogP contribution is 2.36. The summed E-state index contributed by atoms with van der Waals surface area (Å²) in [5.41, 5.74) is 4.45. The molecule has 23 heavy (non-hydrogen) atoms. The van der Waals surface area contributed by atoms with Gasteiger partial charge in [0.25, 0.3) is 0 Å². The first-order valence-electron chi connectivity index (χ1n) is 5.31. The Morgan fingerprint density at radius 3 is 2.00 bits per heavy atom. The summed E-state index contributed by atoms with van der Waals surface area (Å²) < 4.78 is 101. The zero-order chi connectivity index (χ0) is 18.7. The molecule has 0 aliphatic heterocycles. The lowest BCUT2D eigenvalue weighted by Crippen LogP contribution is -2.60. The van der Waals surface area contributed by atoms with Crippen molar-refractivity contribution >= 4 is 22.0 Å². The number of halogens is 5. The van der Waals surface area contributed by atoms with Crippen molar-refractivity contribution in [3.05, 3.63) is 12.7 Å². The van der Waals surface area contributed by atoms with Gasteiger partial charge in [0.15, 0.2) is 0 Å². The molecule has 14 heteroatoms. The fourth-order valence-corrected chi connectivity index (χ4v) is 1.40. The molecule has 0 radical (unpaired) electrons. The Hall–Kier alpha value is -1.80. The van der Waals surface area contributed by atoms with Crippen molar-refractivity contribution in [1.82, 2.24) is 0 Å². The van der Waals surface area contributed by atoms with Crippen molar-refractivity contribution in [2.75, 3.05) is 6.61 Å². The third-order valence-corrected chi connectivity index (χ3v) is 3.14. The van der Waals surface area contributed by atoms with Crippen molar-refractivity contribution in [3.8, 4) is 0 Å². The topological polar surface area (TPSA) is 133 Å². The number of esters is 1. The predicted molar refractivity (Wildman–Crippen MR) is 61.3 cm³/mol. The maximum Gasteiger partial charge on any atom is 0.466 e. The zero-order valence-electron chi connectivity index (χ0n) is 11.0. The molecule has 0 aromatic rings. The van der Waals surface area contributed by atoms with E-state index in [1.807, 2.05) is 0 Å². The summed E-state index contributed by atoms with van der Waals surface area (Å²) in [7, 11) is -5.94. The molecule has 0 fully saturated rings. The lowest BCUT2D eigenvalue weighted by Gasteiger charge is -2.31. The minimum atomic E-state index is -5.94. The molecule has 0 saturated heterocycles. The second-order valence-corrected chi connectivity index (χ2v) is 5.36. The molecular weight excluding hydrogens is 361 g/mol. The number of hydrogen-bond acceptors (Lipinski definition) is 6. The lowest BCUT2D eigenvalue weighted by molar-refractivity contribution is -0.346. The fourth-order valence-electron chi connectivity index (χ4n) is 1.06. The van der Waals surface area contributed by atoms with Crippen LogP contribution in [0.25, 0.3) is 0 Å². The van der Waals surface area contributed by atoms with Crippen LogP contribution in [0.4, 0.5) is 22.0 Å². The summed E-state index contributed by atoms with van der Waals surface area (Å²) in [5.74, 6) is -8.66. The molecule has 0 aromatic heterocycles. The van der Waals surface area contributed by atoms with Gasteiger partial charge >= 0.3 is 39.2 Å². The van der Waals surface area contributed by atoms with Gasteiger partial charge in [-0.25, -0.2) is 4.79 Å². The molecule has 1 atom stereocenters. The highest BCUT2D eigenvalue weighted by atomic mass is 32.2. The van der Waals surface area contributed by atoms with Gasteiger partial charge in [-0.2, -0.15) is 30.4 Å². The van der Waals surface area contributed by atoms with Crippen LogP contribution in [0.15, 0.2) is 12.7 Å². The molecule has 1 amide bonds. The molecule has 0 bridgehead atoms. The van der Waals surface area contributed by atoms with E-state index in [1.54, 1.807) is 0 Å². The molecule has 0 aliphatic carbocycles. The van der Waals surface area contributed by atoms with E-state index in [1.165, 1.54) is 0 Å². The van der Waals surface area contributed by atoms with Crippen LogP contribution in [0.5, 0.6) is 0 Å². The van der Waals surface area contributed by atoms with E-state index in [2.05, 4.69) is 21.8 Å². The van der Waals surface area contributed by atoms with Crippen molar-refractivity contribution < 1.29 is 54.0 Å². The standard InChI is InChI=1S/C9H10F5NO7S/c1-2-5(16)22-8(6(15)17,9(12,13)14)21-4-3-7(10,11)23(18,19)20/h2H,1,3-4H2,(H2,15,17)(H,18,19,20). The summed E-state index contributed by atoms with van der Waals surface area (Å²) in [5, 5.41) is -4.87. The molecule has 3 N–H and O–H groups in total. The second kappa shape index (κ2) is 6.76. The maximum atomic E-state index is 12.9. The van der Waals surface area contributed by atoms with E-state index >= 15 is 0 Å². The van der Waals surface area contributed by atoms with E-state index in [9.17, 15) is 40.0 Å². The quantitative estimate of drug-likeness (QED) is 0.207. The monoisotopic (exact) mass is 371 g/mol. The maximum absolute atomic E-state index is 12.9. The first-order valence-corrected chi connectivity index (χ1v) is 6.75. The van der Waals surface area contributed by atoms with Gasteiger partial charge in [-0.3, -0.25) is 9.35 Å². The Balaban J connectivity index is 5.46. The number of carbonyl (C=O) groups is 2. The van der Waals surface area contributed by atoms with E-state index in [-0.39, 0.29) is 6.08 Å². The van der Waals surface area contributed by atoms with Crippen molar-refractivity contribution in [2.24, 2.45) is 5.73 Å². The van der Waals surface area contributed by atoms with Gasteiger partial charge in [0.2, 0.25) is 0 Å². The smallest absolute Gasteiger partial charge is 0.412 e. The van der Waals surface area contributed by atoms with Gasteiger partial charge in [-0.05, 0) is 0 Å². The number of primary amides is 1. The van der Waals surface area contributed by atoms with Crippen LogP contribution < -0.4 is 5.73 Å². The Kier molecular flexibility index (Phi) is 6.23. The Labute approximate surface area is 125 Å². The molecule has 134 valence electrons. The van der Waals surface area contributed by atoms with Crippen molar-refractivity contribution in [1.29, 1.82) is 0 Å². The SMILES string of the molecule is C=CC(=O)OC(OCCC(F)(F)S(=O)(=O)O)(C(N)=O)C(F)(F)F. The number of rotatable bonds is 8. The van der Waals surface area contributed by atoms with Gasteiger partial charge in [-0.15, -0.1) is 0 Å². The average molecular weight is 371 g/mol. The highest BCUT2D eigenvalue weighted by molar-refractivity contribution is 7.86. The largest absolute Gasteiger partial charge is 0.466 e. The number of nitrogens with two attached hydrogens (primary N) is 1. The number of ether oxygens (including phenoxy) is 2. The van der Waals surface area contributed by atoms with Crippen molar-refractivity contribution in [3.63, 3.8) is 0 Å². The zero-order valence-corrected chi connectivity index (χ0v) is 11.8. The van der Waals surface area contributed by atoms with Crippen LogP contribution in [-0.4, -0.2) is 48.7 Å². The number of amides is 1. The molecule has 1 unspecified atom stereocenters. The molecule has 0 aliphatic rings. The van der Waals surface area contributed by atoms with Crippen LogP contribution in [0, 0.1) is 0 Å². The summed E-state index contributed by atoms with van der Waals surface area (Å²) in [6.07, 6.45) is -7.55. The molecule has 8 nitrogen and oxygen atoms in total. The van der Waals surface area contributed by atoms with E-state index in [4.69, 9.17) is 4.55 Å². The van der Waals surface area contributed by atoms with Crippen LogP contribution >= 0.6 is 0 Å². The number of hydrogen-bond donors (Lipinski definition) is 2. The van der Waals surface area contributed by atoms with E-state index < -0.39 is 52.2 Å². The minimum Gasteiger partial charge on any atom is -0.412 e. The van der Waals surface area contributed by atoms with Crippen LogP contribution in [0.1, 0.15) is 6.42 Å². The summed E-state index contributed by atoms with van der Waals surface area (Å²) in [4.78, 5) is 21.9. The molecule has 0 rings (SSSR count). The van der Waals surface area contributed by atoms with Crippen LogP contribution in [0.3, 0.4) is 0 Å². The fraction of sp³-hybridized carbons (Fsp3) is 0.556. The predicted octanol–water partition coefficient (Wildman–Crippen LogP) is 0.347. The van der Waals surface area contributed by atoms with Crippen LogP contribution in [-0.2, 0) is 29.2 Å². The van der Waals surface area contributed by atoms with E-state index in [0.717, 1.165) is 0 Å². The Morgan fingerprint density at radius 1 is 1.22 bits per heavy atom. The summed E-state index contributed by atoms with van der Waals surface area (Å²) >= 11 is 0. The summed E-state index contributed by atoms with van der Waals surface area (Å²) in [6, 6.07) is 0. The third kappa shape index (κ3) is 4.84.